The summed E-state index contributed by atoms with van der Waals surface area (Å²) in [7, 11) is 3.97. The molecule has 6 heteroatoms. The maximum atomic E-state index is 4.42. The molecule has 2 N–H and O–H groups in total. The Morgan fingerprint density at radius 2 is 1.94 bits per heavy atom. The van der Waals surface area contributed by atoms with Crippen molar-refractivity contribution in [1.29, 1.82) is 0 Å². The number of likely N-dealkylation sites (N-methyl/N-ethyl adjacent to an activating group) is 1. The molecule has 6 nitrogen and oxygen atoms in total. The van der Waals surface area contributed by atoms with Gasteiger partial charge in [0.15, 0.2) is 0 Å². The van der Waals surface area contributed by atoms with Crippen molar-refractivity contribution in [1.82, 2.24) is 19.9 Å². The van der Waals surface area contributed by atoms with Crippen molar-refractivity contribution in [2.75, 3.05) is 51.0 Å². The Kier molecular flexibility index (Phi) is 3.75. The van der Waals surface area contributed by atoms with Crippen LogP contribution < -0.4 is 10.7 Å². The summed E-state index contributed by atoms with van der Waals surface area (Å²) < 4.78 is 0. The first-order valence-electron chi connectivity index (χ1n) is 5.90. The van der Waals surface area contributed by atoms with E-state index in [0.717, 1.165) is 37.6 Å². The second-order valence-electron chi connectivity index (χ2n) is 4.38. The number of hydrogen-bond donors (Lipinski definition) is 2. The van der Waals surface area contributed by atoms with Crippen molar-refractivity contribution in [2.24, 2.45) is 0 Å². The van der Waals surface area contributed by atoms with Gasteiger partial charge in [-0.2, -0.15) is 4.98 Å². The molecule has 0 radical (unpaired) electrons. The molecule has 0 aliphatic carbocycles. The molecule has 2 rings (SSSR count). The molecule has 0 bridgehead atoms. The van der Waals surface area contributed by atoms with Crippen LogP contribution in [0.4, 0.5) is 11.8 Å². The molecular formula is C11H20N6. The van der Waals surface area contributed by atoms with Crippen molar-refractivity contribution >= 4 is 11.8 Å². The third kappa shape index (κ3) is 3.04. The highest BCUT2D eigenvalue weighted by Crippen LogP contribution is 2.13. The van der Waals surface area contributed by atoms with Crippen LogP contribution in [0.3, 0.4) is 0 Å². The monoisotopic (exact) mass is 236 g/mol. The summed E-state index contributed by atoms with van der Waals surface area (Å²) in [5.41, 5.74) is 4.42. The Hall–Kier alpha value is -1.40. The fourth-order valence-electron chi connectivity index (χ4n) is 1.74. The number of hydrogen-bond acceptors (Lipinski definition) is 6. The zero-order valence-electron chi connectivity index (χ0n) is 10.7. The van der Waals surface area contributed by atoms with Crippen LogP contribution in [0, 0.1) is 6.92 Å². The second kappa shape index (κ2) is 5.29. The topological polar surface area (TPSA) is 56.3 Å². The third-order valence-corrected chi connectivity index (χ3v) is 2.96. The average Bonchev–Trinajstić information content (AvgIpc) is 2.35. The number of rotatable bonds is 3. The number of hydrazine groups is 1. The van der Waals surface area contributed by atoms with Crippen molar-refractivity contribution < 1.29 is 0 Å². The minimum Gasteiger partial charge on any atom is -0.357 e. The van der Waals surface area contributed by atoms with Crippen LogP contribution in [0.15, 0.2) is 6.20 Å². The molecule has 17 heavy (non-hydrogen) atoms. The molecule has 1 aromatic heterocycles. The molecule has 0 aromatic carbocycles. The van der Waals surface area contributed by atoms with Crippen molar-refractivity contribution in [3.63, 3.8) is 0 Å². The highest BCUT2D eigenvalue weighted by atomic mass is 15.5. The van der Waals surface area contributed by atoms with Crippen LogP contribution in [0.25, 0.3) is 0 Å². The van der Waals surface area contributed by atoms with Crippen LogP contribution in [0.5, 0.6) is 0 Å². The third-order valence-electron chi connectivity index (χ3n) is 2.96. The number of aromatic nitrogens is 2. The Balaban J connectivity index is 2.02. The number of nitrogens with zero attached hydrogens (tertiary/aromatic N) is 4. The van der Waals surface area contributed by atoms with Crippen molar-refractivity contribution in [3.05, 3.63) is 11.8 Å². The van der Waals surface area contributed by atoms with E-state index >= 15 is 0 Å². The molecule has 1 saturated heterocycles. The summed E-state index contributed by atoms with van der Waals surface area (Å²) in [6, 6.07) is 0. The van der Waals surface area contributed by atoms with Gasteiger partial charge in [0, 0.05) is 45.0 Å². The van der Waals surface area contributed by atoms with Crippen LogP contribution >= 0.6 is 0 Å². The zero-order valence-corrected chi connectivity index (χ0v) is 10.7. The summed E-state index contributed by atoms with van der Waals surface area (Å²) in [5, 5.41) is 5.15. The van der Waals surface area contributed by atoms with Gasteiger partial charge in [0.1, 0.15) is 5.82 Å². The second-order valence-corrected chi connectivity index (χ2v) is 4.38. The zero-order chi connectivity index (χ0) is 12.3. The number of anilines is 2. The molecule has 1 aliphatic rings. The van der Waals surface area contributed by atoms with Gasteiger partial charge in [0.2, 0.25) is 5.95 Å². The van der Waals surface area contributed by atoms with E-state index in [4.69, 9.17) is 0 Å². The number of piperazine rings is 1. The molecule has 1 aliphatic heterocycles. The van der Waals surface area contributed by atoms with E-state index in [1.807, 2.05) is 20.2 Å². The van der Waals surface area contributed by atoms with Crippen LogP contribution in [0.2, 0.25) is 0 Å². The van der Waals surface area contributed by atoms with Gasteiger partial charge in [-0.1, -0.05) is 0 Å². The minimum atomic E-state index is 0.646. The minimum absolute atomic E-state index is 0.646. The summed E-state index contributed by atoms with van der Waals surface area (Å²) in [6.07, 6.45) is 1.83. The van der Waals surface area contributed by atoms with Gasteiger partial charge in [-0.05, 0) is 14.0 Å². The van der Waals surface area contributed by atoms with E-state index < -0.39 is 0 Å². The average molecular weight is 236 g/mol. The molecule has 1 fully saturated rings. The lowest BCUT2D eigenvalue weighted by atomic mass is 10.3. The molecule has 0 atom stereocenters. The highest BCUT2D eigenvalue weighted by Gasteiger charge is 2.14. The van der Waals surface area contributed by atoms with Gasteiger partial charge < -0.3 is 15.6 Å². The SMILES string of the molecule is CNc1ncc(C)c(NN2CCN(C)CC2)n1. The number of aryl methyl sites for hydroxylation is 1. The van der Waals surface area contributed by atoms with Gasteiger partial charge >= 0.3 is 0 Å². The highest BCUT2D eigenvalue weighted by molar-refractivity contribution is 5.45. The number of nitrogens with one attached hydrogen (secondary N) is 2. The lowest BCUT2D eigenvalue weighted by Gasteiger charge is -2.33. The van der Waals surface area contributed by atoms with E-state index in [1.54, 1.807) is 0 Å². The first-order valence-corrected chi connectivity index (χ1v) is 5.90. The lowest BCUT2D eigenvalue weighted by Crippen LogP contribution is -2.47. The molecule has 0 amide bonds. The normalized spacial score (nSPS) is 18.1. The predicted molar refractivity (Wildman–Crippen MR) is 69.0 cm³/mol. The molecule has 2 heterocycles. The van der Waals surface area contributed by atoms with E-state index in [-0.39, 0.29) is 0 Å². The van der Waals surface area contributed by atoms with E-state index in [0.29, 0.717) is 5.95 Å². The maximum Gasteiger partial charge on any atom is 0.224 e. The molecule has 94 valence electrons. The molecule has 0 saturated carbocycles. The molecule has 0 unspecified atom stereocenters. The van der Waals surface area contributed by atoms with Gasteiger partial charge in [-0.25, -0.2) is 9.99 Å². The van der Waals surface area contributed by atoms with Crippen molar-refractivity contribution in [3.8, 4) is 0 Å². The largest absolute Gasteiger partial charge is 0.357 e. The summed E-state index contributed by atoms with van der Waals surface area (Å²) >= 11 is 0. The quantitative estimate of drug-likeness (QED) is 0.792. The molecule has 0 spiro atoms. The molecular weight excluding hydrogens is 216 g/mol. The van der Waals surface area contributed by atoms with Gasteiger partial charge in [0.25, 0.3) is 0 Å². The Labute approximate surface area is 102 Å². The van der Waals surface area contributed by atoms with E-state index in [2.05, 4.69) is 37.7 Å². The Bertz CT molecular complexity index is 372. The first-order chi connectivity index (χ1) is 8.19. The fraction of sp³-hybridized carbons (Fsp3) is 0.636. The fourth-order valence-corrected chi connectivity index (χ4v) is 1.74. The van der Waals surface area contributed by atoms with Crippen molar-refractivity contribution in [2.45, 2.75) is 6.92 Å². The maximum absolute atomic E-state index is 4.42. The van der Waals surface area contributed by atoms with Crippen LogP contribution in [-0.4, -0.2) is 60.2 Å². The smallest absolute Gasteiger partial charge is 0.224 e. The Morgan fingerprint density at radius 1 is 1.24 bits per heavy atom. The summed E-state index contributed by atoms with van der Waals surface area (Å²) in [4.78, 5) is 10.9. The predicted octanol–water partition coefficient (Wildman–Crippen LogP) is 0.401. The van der Waals surface area contributed by atoms with Gasteiger partial charge in [0.05, 0.1) is 0 Å². The van der Waals surface area contributed by atoms with Crippen LogP contribution in [-0.2, 0) is 0 Å². The summed E-state index contributed by atoms with van der Waals surface area (Å²) in [5.74, 6) is 1.53. The van der Waals surface area contributed by atoms with E-state index in [1.165, 1.54) is 0 Å². The lowest BCUT2D eigenvalue weighted by molar-refractivity contribution is 0.178. The van der Waals surface area contributed by atoms with Gasteiger partial charge in [-0.3, -0.25) is 0 Å². The standard InChI is InChI=1S/C11H20N6/c1-9-8-13-11(12-2)14-10(9)15-17-6-4-16(3)5-7-17/h8H,4-7H2,1-3H3,(H2,12,13,14,15). The van der Waals surface area contributed by atoms with E-state index in [9.17, 15) is 0 Å². The van der Waals surface area contributed by atoms with Crippen LogP contribution in [0.1, 0.15) is 5.56 Å². The summed E-state index contributed by atoms with van der Waals surface area (Å²) in [6.45, 7) is 6.19. The Morgan fingerprint density at radius 3 is 2.59 bits per heavy atom. The molecule has 1 aromatic rings. The first kappa shape index (κ1) is 12.1. The van der Waals surface area contributed by atoms with Gasteiger partial charge in [-0.15, -0.1) is 0 Å².